The fourth-order valence-corrected chi connectivity index (χ4v) is 3.02. The Hall–Kier alpha value is -0.940. The van der Waals surface area contributed by atoms with Crippen LogP contribution in [0.15, 0.2) is 0 Å². The summed E-state index contributed by atoms with van der Waals surface area (Å²) in [5.41, 5.74) is 0. The molecule has 2 unspecified atom stereocenters. The van der Waals surface area contributed by atoms with E-state index in [4.69, 9.17) is 0 Å². The van der Waals surface area contributed by atoms with Crippen LogP contribution >= 0.6 is 0 Å². The Morgan fingerprint density at radius 1 is 1.33 bits per heavy atom. The number of fused-ring (bicyclic) bond motifs is 1. The predicted octanol–water partition coefficient (Wildman–Crippen LogP) is 0.375. The zero-order valence-electron chi connectivity index (χ0n) is 10.8. The third kappa shape index (κ3) is 2.57. The van der Waals surface area contributed by atoms with E-state index in [1.165, 1.54) is 12.8 Å². The number of aromatic nitrogens is 3. The molecule has 1 aromatic rings. The third-order valence-corrected chi connectivity index (χ3v) is 4.13. The summed E-state index contributed by atoms with van der Waals surface area (Å²) in [4.78, 5) is 4.66. The Morgan fingerprint density at radius 3 is 3.06 bits per heavy atom. The van der Waals surface area contributed by atoms with Gasteiger partial charge in [0.25, 0.3) is 0 Å². The van der Waals surface area contributed by atoms with Crippen molar-refractivity contribution in [1.82, 2.24) is 20.1 Å². The molecule has 5 heteroatoms. The van der Waals surface area contributed by atoms with Crippen molar-refractivity contribution < 1.29 is 5.11 Å². The Bertz CT molecular complexity index is 398. The minimum atomic E-state index is 0.265. The number of hydrogen-bond acceptors (Lipinski definition) is 4. The molecule has 2 aliphatic rings. The van der Waals surface area contributed by atoms with Crippen LogP contribution in [0.25, 0.3) is 0 Å². The summed E-state index contributed by atoms with van der Waals surface area (Å²) in [6.07, 6.45) is 5.55. The largest absolute Gasteiger partial charge is 0.396 e. The van der Waals surface area contributed by atoms with Crippen LogP contribution in [0.2, 0.25) is 0 Å². The zero-order chi connectivity index (χ0) is 12.4. The maximum atomic E-state index is 9.21. The van der Waals surface area contributed by atoms with Crippen molar-refractivity contribution in [2.75, 3.05) is 19.7 Å². The van der Waals surface area contributed by atoms with Crippen LogP contribution in [0.5, 0.6) is 0 Å². The SMILES string of the molecule is OCC1CCc2nc(CC3CCCNC3)nn2C1. The van der Waals surface area contributed by atoms with E-state index in [9.17, 15) is 5.11 Å². The number of aliphatic hydroxyl groups is 1. The normalized spacial score (nSPS) is 28.1. The highest BCUT2D eigenvalue weighted by Crippen LogP contribution is 2.20. The van der Waals surface area contributed by atoms with E-state index in [0.717, 1.165) is 50.5 Å². The summed E-state index contributed by atoms with van der Waals surface area (Å²) in [5, 5.41) is 17.3. The van der Waals surface area contributed by atoms with Crippen LogP contribution in [-0.4, -0.2) is 39.6 Å². The highest BCUT2D eigenvalue weighted by molar-refractivity contribution is 4.98. The van der Waals surface area contributed by atoms with Gasteiger partial charge in [-0.2, -0.15) is 5.10 Å². The molecule has 0 saturated carbocycles. The monoisotopic (exact) mass is 250 g/mol. The van der Waals surface area contributed by atoms with Crippen molar-refractivity contribution in [2.24, 2.45) is 11.8 Å². The zero-order valence-corrected chi connectivity index (χ0v) is 10.8. The summed E-state index contributed by atoms with van der Waals surface area (Å²) >= 11 is 0. The maximum Gasteiger partial charge on any atom is 0.151 e. The molecule has 1 saturated heterocycles. The molecule has 5 nitrogen and oxygen atoms in total. The molecule has 0 aromatic carbocycles. The molecule has 0 radical (unpaired) electrons. The first-order valence-electron chi connectivity index (χ1n) is 7.09. The Balaban J connectivity index is 1.65. The van der Waals surface area contributed by atoms with Gasteiger partial charge in [0.1, 0.15) is 5.82 Å². The summed E-state index contributed by atoms with van der Waals surface area (Å²) in [7, 11) is 0. The van der Waals surface area contributed by atoms with Gasteiger partial charge in [-0.05, 0) is 38.3 Å². The minimum absolute atomic E-state index is 0.265. The molecule has 2 N–H and O–H groups in total. The van der Waals surface area contributed by atoms with Crippen molar-refractivity contribution in [2.45, 2.75) is 38.6 Å². The van der Waals surface area contributed by atoms with Gasteiger partial charge in [-0.3, -0.25) is 0 Å². The Labute approximate surface area is 108 Å². The van der Waals surface area contributed by atoms with Gasteiger partial charge >= 0.3 is 0 Å². The second-order valence-electron chi connectivity index (χ2n) is 5.63. The lowest BCUT2D eigenvalue weighted by Gasteiger charge is -2.21. The van der Waals surface area contributed by atoms with Gasteiger partial charge < -0.3 is 10.4 Å². The Kier molecular flexibility index (Phi) is 3.61. The first kappa shape index (κ1) is 12.1. The molecule has 18 heavy (non-hydrogen) atoms. The molecule has 3 heterocycles. The molecule has 1 fully saturated rings. The second kappa shape index (κ2) is 5.36. The van der Waals surface area contributed by atoms with E-state index in [-0.39, 0.29) is 6.61 Å². The van der Waals surface area contributed by atoms with Gasteiger partial charge in [0.05, 0.1) is 0 Å². The molecule has 1 aromatic heterocycles. The van der Waals surface area contributed by atoms with E-state index >= 15 is 0 Å². The molecule has 0 bridgehead atoms. The molecule has 100 valence electrons. The molecule has 0 aliphatic carbocycles. The van der Waals surface area contributed by atoms with Crippen LogP contribution in [0.4, 0.5) is 0 Å². The summed E-state index contributed by atoms with van der Waals surface area (Å²) < 4.78 is 2.01. The number of aliphatic hydroxyl groups excluding tert-OH is 1. The van der Waals surface area contributed by atoms with Crippen molar-refractivity contribution in [1.29, 1.82) is 0 Å². The van der Waals surface area contributed by atoms with E-state index in [0.29, 0.717) is 11.8 Å². The van der Waals surface area contributed by atoms with Gasteiger partial charge in [-0.1, -0.05) is 0 Å². The highest BCUT2D eigenvalue weighted by atomic mass is 16.3. The van der Waals surface area contributed by atoms with Gasteiger partial charge in [0.2, 0.25) is 0 Å². The number of aryl methyl sites for hydroxylation is 1. The highest BCUT2D eigenvalue weighted by Gasteiger charge is 2.22. The molecule has 2 aliphatic heterocycles. The van der Waals surface area contributed by atoms with E-state index in [1.54, 1.807) is 0 Å². The average molecular weight is 250 g/mol. The molecular formula is C13H22N4O. The van der Waals surface area contributed by atoms with Crippen LogP contribution in [-0.2, 0) is 19.4 Å². The van der Waals surface area contributed by atoms with Gasteiger partial charge in [-0.25, -0.2) is 9.67 Å². The number of rotatable bonds is 3. The summed E-state index contributed by atoms with van der Waals surface area (Å²) in [5.74, 6) is 3.16. The standard InChI is InChI=1S/C13H22N4O/c18-9-11-3-4-13-15-12(16-17(13)8-11)6-10-2-1-5-14-7-10/h10-11,14,18H,1-9H2. The predicted molar refractivity (Wildman–Crippen MR) is 68.2 cm³/mol. The number of piperidine rings is 1. The molecule has 2 atom stereocenters. The minimum Gasteiger partial charge on any atom is -0.396 e. The first-order valence-corrected chi connectivity index (χ1v) is 7.09. The number of hydrogen-bond donors (Lipinski definition) is 2. The summed E-state index contributed by atoms with van der Waals surface area (Å²) in [6.45, 7) is 3.36. The molecular weight excluding hydrogens is 228 g/mol. The van der Waals surface area contributed by atoms with Gasteiger partial charge in [0, 0.05) is 31.9 Å². The van der Waals surface area contributed by atoms with Crippen molar-refractivity contribution in [3.05, 3.63) is 11.6 Å². The third-order valence-electron chi connectivity index (χ3n) is 4.13. The number of nitrogens with zero attached hydrogens (tertiary/aromatic N) is 3. The smallest absolute Gasteiger partial charge is 0.151 e. The van der Waals surface area contributed by atoms with Crippen LogP contribution in [0, 0.1) is 11.8 Å². The lowest BCUT2D eigenvalue weighted by molar-refractivity contribution is 0.185. The molecule has 0 spiro atoms. The van der Waals surface area contributed by atoms with Crippen LogP contribution in [0.1, 0.15) is 30.9 Å². The lowest BCUT2D eigenvalue weighted by atomic mass is 9.96. The van der Waals surface area contributed by atoms with Crippen LogP contribution in [0.3, 0.4) is 0 Å². The van der Waals surface area contributed by atoms with Crippen molar-refractivity contribution >= 4 is 0 Å². The lowest BCUT2D eigenvalue weighted by Crippen LogP contribution is -2.31. The van der Waals surface area contributed by atoms with E-state index in [1.807, 2.05) is 4.68 Å². The van der Waals surface area contributed by atoms with E-state index < -0.39 is 0 Å². The topological polar surface area (TPSA) is 63.0 Å². The second-order valence-corrected chi connectivity index (χ2v) is 5.63. The Morgan fingerprint density at radius 2 is 2.28 bits per heavy atom. The molecule has 3 rings (SSSR count). The maximum absolute atomic E-state index is 9.21. The number of nitrogens with one attached hydrogen (secondary N) is 1. The van der Waals surface area contributed by atoms with Crippen molar-refractivity contribution in [3.8, 4) is 0 Å². The fraction of sp³-hybridized carbons (Fsp3) is 0.846. The summed E-state index contributed by atoms with van der Waals surface area (Å²) in [6, 6.07) is 0. The van der Waals surface area contributed by atoms with Crippen molar-refractivity contribution in [3.63, 3.8) is 0 Å². The van der Waals surface area contributed by atoms with Gasteiger partial charge in [-0.15, -0.1) is 0 Å². The quantitative estimate of drug-likeness (QED) is 0.814. The van der Waals surface area contributed by atoms with Gasteiger partial charge in [0.15, 0.2) is 5.82 Å². The average Bonchev–Trinajstić information content (AvgIpc) is 2.80. The fourth-order valence-electron chi connectivity index (χ4n) is 3.02. The van der Waals surface area contributed by atoms with Crippen LogP contribution < -0.4 is 5.32 Å². The molecule has 0 amide bonds. The van der Waals surface area contributed by atoms with E-state index in [2.05, 4.69) is 15.4 Å². The first-order chi connectivity index (χ1) is 8.85.